The van der Waals surface area contributed by atoms with Gasteiger partial charge in [0.2, 0.25) is 0 Å². The van der Waals surface area contributed by atoms with E-state index in [9.17, 15) is 9.36 Å². The van der Waals surface area contributed by atoms with Crippen LogP contribution in [0.4, 0.5) is 4.79 Å². The van der Waals surface area contributed by atoms with Gasteiger partial charge in [0.25, 0.3) is 0 Å². The third kappa shape index (κ3) is 5.59. The lowest BCUT2D eigenvalue weighted by molar-refractivity contribution is 0.159. The van der Waals surface area contributed by atoms with Crippen LogP contribution in [-0.4, -0.2) is 12.7 Å². The molecule has 0 aliphatic heterocycles. The van der Waals surface area contributed by atoms with Gasteiger partial charge in [-0.1, -0.05) is 5.09 Å². The van der Waals surface area contributed by atoms with Gasteiger partial charge in [0.15, 0.2) is 0 Å². The lowest BCUT2D eigenvalue weighted by Crippen LogP contribution is -2.15. The molecule has 1 N–H and O–H groups in total. The molecule has 0 spiro atoms. The maximum atomic E-state index is 10.3. The van der Waals surface area contributed by atoms with E-state index in [2.05, 4.69) is 17.0 Å². The van der Waals surface area contributed by atoms with Gasteiger partial charge in [-0.2, -0.15) is 0 Å². The SMILES string of the molecule is CCOC(=O)N[P+](=O)S. The summed E-state index contributed by atoms with van der Waals surface area (Å²) in [5.74, 6) is 0. The molecule has 6 heteroatoms. The van der Waals surface area contributed by atoms with E-state index in [-0.39, 0.29) is 6.61 Å². The van der Waals surface area contributed by atoms with E-state index >= 15 is 0 Å². The zero-order valence-corrected chi connectivity index (χ0v) is 6.62. The number of thiol groups is 1. The van der Waals surface area contributed by atoms with Gasteiger partial charge in [-0.3, -0.25) is 0 Å². The van der Waals surface area contributed by atoms with Crippen molar-refractivity contribution >= 4 is 25.5 Å². The normalized spacial score (nSPS) is 10.2. The van der Waals surface area contributed by atoms with E-state index in [1.165, 1.54) is 0 Å². The molecular formula is C3H7NO3PS+. The number of ether oxygens (including phenoxy) is 1. The predicted molar refractivity (Wildman–Crippen MR) is 36.8 cm³/mol. The second-order valence-electron chi connectivity index (χ2n) is 1.11. The van der Waals surface area contributed by atoms with E-state index in [4.69, 9.17) is 0 Å². The quantitative estimate of drug-likeness (QED) is 0.483. The molecule has 0 saturated heterocycles. The van der Waals surface area contributed by atoms with Gasteiger partial charge in [0.05, 0.1) is 6.61 Å². The second kappa shape index (κ2) is 4.58. The average molecular weight is 168 g/mol. The molecular weight excluding hydrogens is 161 g/mol. The van der Waals surface area contributed by atoms with Crippen LogP contribution < -0.4 is 5.09 Å². The Morgan fingerprint density at radius 2 is 2.44 bits per heavy atom. The van der Waals surface area contributed by atoms with Crippen molar-refractivity contribution in [2.75, 3.05) is 6.61 Å². The number of nitrogens with one attached hydrogen (secondary N) is 1. The molecule has 0 saturated carbocycles. The van der Waals surface area contributed by atoms with Gasteiger partial charge < -0.3 is 4.74 Å². The van der Waals surface area contributed by atoms with Crippen LogP contribution in [0.2, 0.25) is 0 Å². The number of carbonyl (C=O) groups is 1. The Morgan fingerprint density at radius 3 is 2.78 bits per heavy atom. The molecule has 0 aromatic carbocycles. The first kappa shape index (κ1) is 8.72. The molecule has 0 aromatic heterocycles. The third-order valence-corrected chi connectivity index (χ3v) is 1.14. The minimum atomic E-state index is -1.93. The number of amides is 1. The van der Waals surface area contributed by atoms with Crippen LogP contribution in [0.1, 0.15) is 6.92 Å². The van der Waals surface area contributed by atoms with E-state index in [0.29, 0.717) is 0 Å². The first-order valence-corrected chi connectivity index (χ1v) is 4.67. The monoisotopic (exact) mass is 168 g/mol. The minimum absolute atomic E-state index is 0.267. The summed E-state index contributed by atoms with van der Waals surface area (Å²) in [6.45, 7) is 1.92. The Bertz CT molecular complexity index is 128. The largest absolute Gasteiger partial charge is 0.537 e. The summed E-state index contributed by atoms with van der Waals surface area (Å²) in [6.07, 6.45) is -0.700. The highest BCUT2D eigenvalue weighted by Crippen LogP contribution is 2.18. The summed E-state index contributed by atoms with van der Waals surface area (Å²) in [6, 6.07) is 0. The number of rotatable bonds is 2. The van der Waals surface area contributed by atoms with E-state index in [1.54, 1.807) is 6.92 Å². The van der Waals surface area contributed by atoms with Gasteiger partial charge in [-0.05, 0) is 11.5 Å². The molecule has 52 valence electrons. The molecule has 0 radical (unpaired) electrons. The van der Waals surface area contributed by atoms with Gasteiger partial charge >= 0.3 is 13.2 Å². The smallest absolute Gasteiger partial charge is 0.447 e. The van der Waals surface area contributed by atoms with Crippen molar-refractivity contribution in [1.29, 1.82) is 0 Å². The Balaban J connectivity index is 3.39. The molecule has 9 heavy (non-hydrogen) atoms. The fourth-order valence-electron chi connectivity index (χ4n) is 0.241. The Kier molecular flexibility index (Phi) is 4.44. The summed E-state index contributed by atoms with van der Waals surface area (Å²) >= 11 is 3.43. The molecule has 0 heterocycles. The average Bonchev–Trinajstić information content (AvgIpc) is 1.63. The predicted octanol–water partition coefficient (Wildman–Crippen LogP) is 1.32. The van der Waals surface area contributed by atoms with Gasteiger partial charge in [-0.15, -0.1) is 0 Å². The standard InChI is InChI=1S/C3H6NO3PS/c1-2-7-3(5)4-8(6)9/h2H2,1H3,(H-,4,5,6,9)/p+1. The third-order valence-electron chi connectivity index (χ3n) is 0.462. The van der Waals surface area contributed by atoms with Crippen LogP contribution >= 0.6 is 19.4 Å². The molecule has 1 amide bonds. The first-order chi connectivity index (χ1) is 4.16. The molecule has 0 bridgehead atoms. The van der Waals surface area contributed by atoms with Crippen molar-refractivity contribution in [3.05, 3.63) is 0 Å². The maximum absolute atomic E-state index is 10.3. The second-order valence-corrected chi connectivity index (χ2v) is 2.96. The van der Waals surface area contributed by atoms with Gasteiger partial charge in [0.1, 0.15) is 12.2 Å². The van der Waals surface area contributed by atoms with Crippen molar-refractivity contribution in [2.45, 2.75) is 6.92 Å². The zero-order valence-electron chi connectivity index (χ0n) is 4.83. The lowest BCUT2D eigenvalue weighted by Gasteiger charge is -1.92. The first-order valence-electron chi connectivity index (χ1n) is 2.26. The fraction of sp³-hybridized carbons (Fsp3) is 0.667. The fourth-order valence-corrected chi connectivity index (χ4v) is 0.707. The summed E-state index contributed by atoms with van der Waals surface area (Å²) in [4.78, 5) is 10.3. The van der Waals surface area contributed by atoms with Gasteiger partial charge in [0, 0.05) is 0 Å². The van der Waals surface area contributed by atoms with Crippen LogP contribution in [-0.2, 0) is 9.30 Å². The van der Waals surface area contributed by atoms with E-state index in [0.717, 1.165) is 0 Å². The topological polar surface area (TPSA) is 55.4 Å². The molecule has 1 atom stereocenters. The number of carbonyl (C=O) groups excluding carboxylic acids is 1. The van der Waals surface area contributed by atoms with Crippen molar-refractivity contribution in [3.8, 4) is 0 Å². The Labute approximate surface area is 59.0 Å². The zero-order chi connectivity index (χ0) is 7.28. The highest BCUT2D eigenvalue weighted by atomic mass is 32.7. The van der Waals surface area contributed by atoms with Crippen LogP contribution in [0, 0.1) is 0 Å². The summed E-state index contributed by atoms with van der Waals surface area (Å²) in [7, 11) is -1.93. The molecule has 0 aliphatic rings. The van der Waals surface area contributed by atoms with Crippen LogP contribution in [0.25, 0.3) is 0 Å². The molecule has 0 aliphatic carbocycles. The summed E-state index contributed by atoms with van der Waals surface area (Å²) in [5, 5.41) is 1.96. The van der Waals surface area contributed by atoms with Crippen molar-refractivity contribution in [3.63, 3.8) is 0 Å². The molecule has 0 aromatic rings. The van der Waals surface area contributed by atoms with E-state index < -0.39 is 13.2 Å². The highest BCUT2D eigenvalue weighted by Gasteiger charge is 2.13. The molecule has 0 rings (SSSR count). The summed E-state index contributed by atoms with van der Waals surface area (Å²) in [5.41, 5.74) is 0. The Hall–Kier alpha value is -0.280. The number of hydrogen-bond acceptors (Lipinski definition) is 3. The van der Waals surface area contributed by atoms with Gasteiger partial charge in [-0.25, -0.2) is 4.79 Å². The van der Waals surface area contributed by atoms with E-state index in [1.807, 2.05) is 5.09 Å². The minimum Gasteiger partial charge on any atom is -0.447 e. The van der Waals surface area contributed by atoms with Crippen molar-refractivity contribution in [1.82, 2.24) is 5.09 Å². The van der Waals surface area contributed by atoms with Crippen molar-refractivity contribution in [2.24, 2.45) is 0 Å². The van der Waals surface area contributed by atoms with Crippen molar-refractivity contribution < 1.29 is 14.1 Å². The summed E-state index contributed by atoms with van der Waals surface area (Å²) < 4.78 is 14.5. The highest BCUT2D eigenvalue weighted by molar-refractivity contribution is 8.40. The maximum Gasteiger partial charge on any atom is 0.537 e. The van der Waals surface area contributed by atoms with Crippen LogP contribution in [0.15, 0.2) is 0 Å². The molecule has 4 nitrogen and oxygen atoms in total. The molecule has 1 unspecified atom stereocenters. The molecule has 0 fully saturated rings. The van der Waals surface area contributed by atoms with Crippen LogP contribution in [0.3, 0.4) is 0 Å². The Morgan fingerprint density at radius 1 is 1.89 bits per heavy atom. The van der Waals surface area contributed by atoms with Crippen LogP contribution in [0.5, 0.6) is 0 Å². The number of hydrogen-bond donors (Lipinski definition) is 2. The lowest BCUT2D eigenvalue weighted by atomic mass is 10.9.